The number of ketones is 1. The average molecular weight is 567 g/mol. The van der Waals surface area contributed by atoms with E-state index in [1.54, 1.807) is 43.5 Å². The fourth-order valence-electron chi connectivity index (χ4n) is 3.63. The molecule has 0 unspecified atom stereocenters. The molecule has 0 heterocycles. The normalized spacial score (nSPS) is 10.2. The summed E-state index contributed by atoms with van der Waals surface area (Å²) in [5.41, 5.74) is 1.86. The van der Waals surface area contributed by atoms with Gasteiger partial charge in [-0.1, -0.05) is 18.7 Å². The van der Waals surface area contributed by atoms with Crippen molar-refractivity contribution < 1.29 is 42.9 Å². The van der Waals surface area contributed by atoms with Crippen LogP contribution >= 0.6 is 0 Å². The van der Waals surface area contributed by atoms with Crippen molar-refractivity contribution >= 4 is 23.7 Å². The zero-order valence-electron chi connectivity index (χ0n) is 22.6. The molecule has 4 rings (SSSR count). The van der Waals surface area contributed by atoms with Crippen LogP contribution in [0.25, 0.3) is 0 Å². The van der Waals surface area contributed by atoms with Gasteiger partial charge in [-0.05, 0) is 90.5 Å². The van der Waals surface area contributed by atoms with Gasteiger partial charge in [0.05, 0.1) is 18.2 Å². The second-order valence-electron chi connectivity index (χ2n) is 8.73. The summed E-state index contributed by atoms with van der Waals surface area (Å²) in [6.45, 7) is 2.99. The summed E-state index contributed by atoms with van der Waals surface area (Å²) in [5.74, 6) is -0.292. The van der Waals surface area contributed by atoms with E-state index in [1.165, 1.54) is 48.5 Å². The highest BCUT2D eigenvalue weighted by Gasteiger charge is 2.13. The first-order chi connectivity index (χ1) is 20.3. The molecule has 0 N–H and O–H groups in total. The summed E-state index contributed by atoms with van der Waals surface area (Å²) in [4.78, 5) is 48.7. The van der Waals surface area contributed by atoms with E-state index in [1.807, 2.05) is 12.1 Å². The van der Waals surface area contributed by atoms with Gasteiger partial charge in [0.2, 0.25) is 6.79 Å². The molecule has 0 bridgehead atoms. The average Bonchev–Trinajstić information content (AvgIpc) is 3.02. The summed E-state index contributed by atoms with van der Waals surface area (Å²) in [6, 6.07) is 25.5. The molecule has 42 heavy (non-hydrogen) atoms. The maximum absolute atomic E-state index is 12.6. The smallest absolute Gasteiger partial charge is 0.343 e. The first-order valence-corrected chi connectivity index (χ1v) is 12.7. The lowest BCUT2D eigenvalue weighted by Gasteiger charge is -2.08. The molecule has 9 nitrogen and oxygen atoms in total. The number of hydrogen-bond acceptors (Lipinski definition) is 9. The molecule has 0 aliphatic heterocycles. The Morgan fingerprint density at radius 1 is 0.619 bits per heavy atom. The third-order valence-corrected chi connectivity index (χ3v) is 5.89. The van der Waals surface area contributed by atoms with Gasteiger partial charge in [0.1, 0.15) is 23.0 Å². The molecule has 0 atom stereocenters. The molecule has 0 aromatic heterocycles. The van der Waals surface area contributed by atoms with E-state index in [0.29, 0.717) is 17.1 Å². The molecular weight excluding hydrogens is 540 g/mol. The van der Waals surface area contributed by atoms with Crippen LogP contribution in [0.3, 0.4) is 0 Å². The second-order valence-corrected chi connectivity index (χ2v) is 8.73. The fraction of sp³-hybridized carbons (Fsp3) is 0.0909. The van der Waals surface area contributed by atoms with Crippen LogP contribution in [0.2, 0.25) is 0 Å². The van der Waals surface area contributed by atoms with Gasteiger partial charge in [0.25, 0.3) is 0 Å². The molecule has 0 aliphatic carbocycles. The minimum absolute atomic E-state index is 0.0704. The predicted octanol–water partition coefficient (Wildman–Crippen LogP) is 5.62. The van der Waals surface area contributed by atoms with Crippen LogP contribution < -0.4 is 18.9 Å². The van der Waals surface area contributed by atoms with Crippen molar-refractivity contribution in [1.29, 1.82) is 0 Å². The van der Waals surface area contributed by atoms with Crippen molar-refractivity contribution in [2.75, 3.05) is 13.9 Å². The third kappa shape index (κ3) is 8.15. The Kier molecular flexibility index (Phi) is 9.82. The molecular formula is C33H26O9. The molecule has 0 saturated carbocycles. The minimum Gasteiger partial charge on any atom is -0.497 e. The Balaban J connectivity index is 1.27. The molecule has 0 amide bonds. The van der Waals surface area contributed by atoms with Crippen molar-refractivity contribution in [2.45, 2.75) is 6.42 Å². The minimum atomic E-state index is -0.614. The topological polar surface area (TPSA) is 114 Å². The zero-order valence-corrected chi connectivity index (χ0v) is 22.6. The van der Waals surface area contributed by atoms with Crippen LogP contribution in [0, 0.1) is 0 Å². The fourth-order valence-corrected chi connectivity index (χ4v) is 3.63. The Morgan fingerprint density at radius 3 is 1.55 bits per heavy atom. The quantitative estimate of drug-likeness (QED) is 0.0708. The van der Waals surface area contributed by atoms with Gasteiger partial charge in [0, 0.05) is 18.1 Å². The zero-order chi connectivity index (χ0) is 29.9. The van der Waals surface area contributed by atoms with E-state index in [-0.39, 0.29) is 41.6 Å². The second kappa shape index (κ2) is 14.1. The molecule has 0 spiro atoms. The lowest BCUT2D eigenvalue weighted by molar-refractivity contribution is -0.144. The standard InChI is InChI=1S/C33H26O9/c1-3-31(35)40-21-39-27-14-8-24(9-15-27)32(36)42-29-18-10-25(11-19-29)33(37)41-28-16-6-23(7-17-28)30(34)20-22-4-12-26(38-2)13-5-22/h3-19H,1,20-21H2,2H3. The van der Waals surface area contributed by atoms with E-state index in [9.17, 15) is 19.2 Å². The number of esters is 3. The van der Waals surface area contributed by atoms with E-state index in [2.05, 4.69) is 6.58 Å². The summed E-state index contributed by atoms with van der Waals surface area (Å²) in [5, 5.41) is 0. The van der Waals surface area contributed by atoms with Crippen molar-refractivity contribution in [3.8, 4) is 23.0 Å². The van der Waals surface area contributed by atoms with Crippen molar-refractivity contribution in [2.24, 2.45) is 0 Å². The monoisotopic (exact) mass is 566 g/mol. The van der Waals surface area contributed by atoms with Crippen molar-refractivity contribution in [1.82, 2.24) is 0 Å². The number of carbonyl (C=O) groups is 4. The number of benzene rings is 4. The summed E-state index contributed by atoms with van der Waals surface area (Å²) < 4.78 is 25.9. The number of carbonyl (C=O) groups excluding carboxylic acids is 4. The molecule has 0 saturated heterocycles. The Bertz CT molecular complexity index is 1550. The predicted molar refractivity (Wildman–Crippen MR) is 152 cm³/mol. The summed E-state index contributed by atoms with van der Waals surface area (Å²) >= 11 is 0. The molecule has 4 aromatic rings. The van der Waals surface area contributed by atoms with Crippen LogP contribution in [-0.2, 0) is 16.0 Å². The number of rotatable bonds is 12. The van der Waals surface area contributed by atoms with Crippen LogP contribution in [0.5, 0.6) is 23.0 Å². The SMILES string of the molecule is C=CC(=O)OCOc1ccc(C(=O)Oc2ccc(C(=O)Oc3ccc(C(=O)Cc4ccc(OC)cc4)cc3)cc2)cc1. The molecule has 0 radical (unpaired) electrons. The Morgan fingerprint density at radius 2 is 1.07 bits per heavy atom. The molecule has 212 valence electrons. The summed E-state index contributed by atoms with van der Waals surface area (Å²) in [7, 11) is 1.58. The largest absolute Gasteiger partial charge is 0.497 e. The van der Waals surface area contributed by atoms with Gasteiger partial charge in [-0.25, -0.2) is 14.4 Å². The highest BCUT2D eigenvalue weighted by molar-refractivity contribution is 5.98. The number of methoxy groups -OCH3 is 1. The highest BCUT2D eigenvalue weighted by atomic mass is 16.7. The maximum Gasteiger partial charge on any atom is 0.343 e. The van der Waals surface area contributed by atoms with Gasteiger partial charge in [-0.3, -0.25) is 4.79 Å². The Labute approximate surface area is 241 Å². The Hall–Kier alpha value is -5.70. The van der Waals surface area contributed by atoms with Gasteiger partial charge in [-0.2, -0.15) is 0 Å². The number of hydrogen-bond donors (Lipinski definition) is 0. The van der Waals surface area contributed by atoms with Gasteiger partial charge >= 0.3 is 17.9 Å². The van der Waals surface area contributed by atoms with Crippen LogP contribution in [-0.4, -0.2) is 37.6 Å². The lowest BCUT2D eigenvalue weighted by atomic mass is 10.0. The molecule has 0 aliphatic rings. The van der Waals surface area contributed by atoms with E-state index in [0.717, 1.165) is 11.6 Å². The molecule has 4 aromatic carbocycles. The van der Waals surface area contributed by atoms with Crippen molar-refractivity contribution in [3.05, 3.63) is 132 Å². The van der Waals surface area contributed by atoms with Crippen molar-refractivity contribution in [3.63, 3.8) is 0 Å². The molecule has 0 fully saturated rings. The summed E-state index contributed by atoms with van der Waals surface area (Å²) in [6.07, 6.45) is 1.25. The van der Waals surface area contributed by atoms with E-state index >= 15 is 0 Å². The lowest BCUT2D eigenvalue weighted by Crippen LogP contribution is -2.11. The van der Waals surface area contributed by atoms with Crippen LogP contribution in [0.1, 0.15) is 36.6 Å². The van der Waals surface area contributed by atoms with E-state index < -0.39 is 17.9 Å². The van der Waals surface area contributed by atoms with E-state index in [4.69, 9.17) is 23.7 Å². The number of ether oxygens (including phenoxy) is 5. The first-order valence-electron chi connectivity index (χ1n) is 12.7. The number of Topliss-reactive ketones (excluding diaryl/α,β-unsaturated/α-hetero) is 1. The van der Waals surface area contributed by atoms with Gasteiger partial charge in [-0.15, -0.1) is 0 Å². The van der Waals surface area contributed by atoms with Gasteiger partial charge < -0.3 is 23.7 Å². The van der Waals surface area contributed by atoms with Crippen LogP contribution in [0.4, 0.5) is 0 Å². The first kappa shape index (κ1) is 29.3. The van der Waals surface area contributed by atoms with Crippen LogP contribution in [0.15, 0.2) is 110 Å². The third-order valence-electron chi connectivity index (χ3n) is 5.89. The highest BCUT2D eigenvalue weighted by Crippen LogP contribution is 2.20. The molecule has 9 heteroatoms. The van der Waals surface area contributed by atoms with Gasteiger partial charge in [0.15, 0.2) is 5.78 Å². The maximum atomic E-state index is 12.6.